The van der Waals surface area contributed by atoms with Gasteiger partial charge in [0.1, 0.15) is 0 Å². The molecule has 5 heteroatoms. The summed E-state index contributed by atoms with van der Waals surface area (Å²) in [6.07, 6.45) is 3.52. The minimum Gasteiger partial charge on any atom is -0.379 e. The molecule has 1 aliphatic rings. The number of rotatable bonds is 8. The molecule has 1 aliphatic heterocycles. The minimum atomic E-state index is 0.412. The van der Waals surface area contributed by atoms with Gasteiger partial charge in [0, 0.05) is 39.3 Å². The maximum absolute atomic E-state index is 5.37. The highest BCUT2D eigenvalue weighted by Crippen LogP contribution is 2.19. The molecule has 0 aromatic heterocycles. The molecule has 22 heavy (non-hydrogen) atoms. The van der Waals surface area contributed by atoms with Gasteiger partial charge in [0.25, 0.3) is 0 Å². The fourth-order valence-corrected chi connectivity index (χ4v) is 2.48. The van der Waals surface area contributed by atoms with Crippen molar-refractivity contribution in [3.05, 3.63) is 0 Å². The fraction of sp³-hybridized carbons (Fsp3) is 0.941. The Morgan fingerprint density at radius 2 is 1.86 bits per heavy atom. The van der Waals surface area contributed by atoms with Crippen LogP contribution in [0.3, 0.4) is 0 Å². The standard InChI is InChI=1S/C17H36N4O/c1-5-18-16(19-9-6-8-17(2,3)4)20-10-7-11-21-12-14-22-15-13-21/h5-15H2,1-4H3,(H2,18,19,20). The summed E-state index contributed by atoms with van der Waals surface area (Å²) in [5, 5.41) is 6.76. The zero-order chi connectivity index (χ0) is 16.3. The van der Waals surface area contributed by atoms with Crippen LogP contribution in [0.15, 0.2) is 4.99 Å². The van der Waals surface area contributed by atoms with Crippen LogP contribution in [0.1, 0.15) is 47.0 Å². The zero-order valence-corrected chi connectivity index (χ0v) is 15.1. The molecule has 0 aliphatic carbocycles. The zero-order valence-electron chi connectivity index (χ0n) is 15.1. The third-order valence-electron chi connectivity index (χ3n) is 3.75. The van der Waals surface area contributed by atoms with Gasteiger partial charge in [0.2, 0.25) is 0 Å². The van der Waals surface area contributed by atoms with Crippen molar-refractivity contribution in [3.8, 4) is 0 Å². The Bertz CT molecular complexity index is 306. The predicted molar refractivity (Wildman–Crippen MR) is 94.5 cm³/mol. The van der Waals surface area contributed by atoms with Crippen LogP contribution in [0.5, 0.6) is 0 Å². The molecule has 2 N–H and O–H groups in total. The lowest BCUT2D eigenvalue weighted by Gasteiger charge is -2.26. The molecule has 5 nitrogen and oxygen atoms in total. The molecular formula is C17H36N4O. The van der Waals surface area contributed by atoms with Gasteiger partial charge in [-0.1, -0.05) is 20.8 Å². The lowest BCUT2D eigenvalue weighted by molar-refractivity contribution is 0.0377. The fourth-order valence-electron chi connectivity index (χ4n) is 2.48. The van der Waals surface area contributed by atoms with Crippen molar-refractivity contribution in [2.75, 3.05) is 52.5 Å². The molecule has 0 atom stereocenters. The van der Waals surface area contributed by atoms with E-state index in [0.717, 1.165) is 64.9 Å². The maximum Gasteiger partial charge on any atom is 0.191 e. The highest BCUT2D eigenvalue weighted by Gasteiger charge is 2.10. The van der Waals surface area contributed by atoms with Crippen molar-refractivity contribution in [2.24, 2.45) is 10.4 Å². The lowest BCUT2D eigenvalue weighted by Crippen LogP contribution is -2.39. The first-order chi connectivity index (χ1) is 10.5. The Balaban J connectivity index is 2.17. The molecule has 1 fully saturated rings. The van der Waals surface area contributed by atoms with Gasteiger partial charge in [-0.15, -0.1) is 0 Å². The van der Waals surface area contributed by atoms with Crippen LogP contribution in [0.25, 0.3) is 0 Å². The SMILES string of the molecule is CCNC(=NCCCN1CCOCC1)NCCCC(C)(C)C. The summed E-state index contributed by atoms with van der Waals surface area (Å²) in [7, 11) is 0. The van der Waals surface area contributed by atoms with Crippen LogP contribution < -0.4 is 10.6 Å². The van der Waals surface area contributed by atoms with Crippen LogP contribution in [0.4, 0.5) is 0 Å². The van der Waals surface area contributed by atoms with E-state index in [1.165, 1.54) is 12.8 Å². The number of guanidine groups is 1. The van der Waals surface area contributed by atoms with E-state index in [4.69, 9.17) is 4.74 Å². The third kappa shape index (κ3) is 10.0. The van der Waals surface area contributed by atoms with Crippen molar-refractivity contribution in [1.82, 2.24) is 15.5 Å². The topological polar surface area (TPSA) is 48.9 Å². The number of nitrogens with zero attached hydrogens (tertiary/aromatic N) is 2. The Labute approximate surface area is 136 Å². The summed E-state index contributed by atoms with van der Waals surface area (Å²) >= 11 is 0. The van der Waals surface area contributed by atoms with Crippen LogP contribution in [-0.2, 0) is 4.74 Å². The van der Waals surface area contributed by atoms with Gasteiger partial charge in [-0.25, -0.2) is 0 Å². The molecule has 1 rings (SSSR count). The highest BCUT2D eigenvalue weighted by atomic mass is 16.5. The van der Waals surface area contributed by atoms with E-state index in [1.807, 2.05) is 0 Å². The number of morpholine rings is 1. The maximum atomic E-state index is 5.37. The van der Waals surface area contributed by atoms with Gasteiger partial charge < -0.3 is 15.4 Å². The number of hydrogen-bond donors (Lipinski definition) is 2. The van der Waals surface area contributed by atoms with E-state index in [-0.39, 0.29) is 0 Å². The van der Waals surface area contributed by atoms with Crippen LogP contribution in [0.2, 0.25) is 0 Å². The first-order valence-corrected chi connectivity index (χ1v) is 8.83. The van der Waals surface area contributed by atoms with Crippen molar-refractivity contribution in [3.63, 3.8) is 0 Å². The molecule has 0 saturated carbocycles. The summed E-state index contributed by atoms with van der Waals surface area (Å²) in [6, 6.07) is 0. The Morgan fingerprint density at radius 1 is 1.14 bits per heavy atom. The second kappa shape index (κ2) is 10.8. The molecule has 0 aromatic carbocycles. The van der Waals surface area contributed by atoms with Crippen molar-refractivity contribution < 1.29 is 4.74 Å². The summed E-state index contributed by atoms with van der Waals surface area (Å²) in [5.41, 5.74) is 0.412. The number of hydrogen-bond acceptors (Lipinski definition) is 3. The summed E-state index contributed by atoms with van der Waals surface area (Å²) in [4.78, 5) is 7.13. The van der Waals surface area contributed by atoms with E-state index in [0.29, 0.717) is 5.41 Å². The normalized spacial score (nSPS) is 17.5. The number of ether oxygens (including phenoxy) is 1. The quantitative estimate of drug-likeness (QED) is 0.409. The largest absolute Gasteiger partial charge is 0.379 e. The van der Waals surface area contributed by atoms with Gasteiger partial charge >= 0.3 is 0 Å². The number of aliphatic imine (C=N–C) groups is 1. The second-order valence-corrected chi connectivity index (χ2v) is 7.16. The van der Waals surface area contributed by atoms with Gasteiger partial charge in [0.15, 0.2) is 5.96 Å². The number of nitrogens with one attached hydrogen (secondary N) is 2. The lowest BCUT2D eigenvalue weighted by atomic mass is 9.91. The summed E-state index contributed by atoms with van der Waals surface area (Å²) < 4.78 is 5.37. The molecule has 1 heterocycles. The van der Waals surface area contributed by atoms with Crippen LogP contribution in [0, 0.1) is 5.41 Å². The van der Waals surface area contributed by atoms with E-state index in [1.54, 1.807) is 0 Å². The summed E-state index contributed by atoms with van der Waals surface area (Å²) in [5.74, 6) is 0.957. The first kappa shape index (κ1) is 19.2. The Morgan fingerprint density at radius 3 is 2.50 bits per heavy atom. The molecule has 130 valence electrons. The van der Waals surface area contributed by atoms with Gasteiger partial charge in [-0.2, -0.15) is 0 Å². The minimum absolute atomic E-state index is 0.412. The molecule has 1 saturated heterocycles. The molecule has 0 amide bonds. The Kier molecular flexibility index (Phi) is 9.48. The van der Waals surface area contributed by atoms with Crippen LogP contribution in [-0.4, -0.2) is 63.3 Å². The van der Waals surface area contributed by atoms with E-state index < -0.39 is 0 Å². The monoisotopic (exact) mass is 312 g/mol. The molecule has 0 aromatic rings. The van der Waals surface area contributed by atoms with Gasteiger partial charge in [-0.3, -0.25) is 9.89 Å². The average Bonchev–Trinajstić information content (AvgIpc) is 2.48. The smallest absolute Gasteiger partial charge is 0.191 e. The van der Waals surface area contributed by atoms with Crippen molar-refractivity contribution >= 4 is 5.96 Å². The first-order valence-electron chi connectivity index (χ1n) is 8.83. The summed E-state index contributed by atoms with van der Waals surface area (Å²) in [6.45, 7) is 16.8. The Hall–Kier alpha value is -0.810. The van der Waals surface area contributed by atoms with E-state index >= 15 is 0 Å². The average molecular weight is 313 g/mol. The van der Waals surface area contributed by atoms with Crippen LogP contribution >= 0.6 is 0 Å². The van der Waals surface area contributed by atoms with E-state index in [9.17, 15) is 0 Å². The second-order valence-electron chi connectivity index (χ2n) is 7.16. The van der Waals surface area contributed by atoms with Gasteiger partial charge in [-0.05, 0) is 31.6 Å². The predicted octanol–water partition coefficient (Wildman–Crippen LogP) is 2.09. The van der Waals surface area contributed by atoms with Crippen molar-refractivity contribution in [1.29, 1.82) is 0 Å². The third-order valence-corrected chi connectivity index (χ3v) is 3.75. The molecule has 0 bridgehead atoms. The van der Waals surface area contributed by atoms with Crippen molar-refractivity contribution in [2.45, 2.75) is 47.0 Å². The molecule has 0 radical (unpaired) electrons. The molecular weight excluding hydrogens is 276 g/mol. The van der Waals surface area contributed by atoms with E-state index in [2.05, 4.69) is 48.2 Å². The molecule has 0 unspecified atom stereocenters. The van der Waals surface area contributed by atoms with Gasteiger partial charge in [0.05, 0.1) is 13.2 Å². The highest BCUT2D eigenvalue weighted by molar-refractivity contribution is 5.79. The molecule has 0 spiro atoms.